The molecular weight excluding hydrogens is 222 g/mol. The van der Waals surface area contributed by atoms with Gasteiger partial charge in [0.25, 0.3) is 0 Å². The largest absolute Gasteiger partial charge is 0.337 e. The summed E-state index contributed by atoms with van der Waals surface area (Å²) >= 11 is 11.5. The molecule has 0 aromatic heterocycles. The molecule has 0 aliphatic carbocycles. The second-order valence-corrected chi connectivity index (χ2v) is 9.03. The summed E-state index contributed by atoms with van der Waals surface area (Å²) in [6.45, 7) is -3.84. The lowest BCUT2D eigenvalue weighted by Gasteiger charge is -2.11. The van der Waals surface area contributed by atoms with Crippen molar-refractivity contribution >= 4 is 48.3 Å². The molecule has 0 aromatic carbocycles. The van der Waals surface area contributed by atoms with Gasteiger partial charge in [0.15, 0.2) is 0 Å². The Balaban J connectivity index is 4.07. The highest BCUT2D eigenvalue weighted by Crippen LogP contribution is 2.60. The summed E-state index contributed by atoms with van der Waals surface area (Å²) in [5.74, 6) is 0. The predicted octanol–water partition coefficient (Wildman–Crippen LogP) is 0.359. The van der Waals surface area contributed by atoms with Gasteiger partial charge in [0.05, 0.1) is 0 Å². The van der Waals surface area contributed by atoms with Crippen LogP contribution in [-0.2, 0) is 27.9 Å². The fourth-order valence-corrected chi connectivity index (χ4v) is 4.69. The molecule has 1 atom stereocenters. The first kappa shape index (κ1) is 10.5. The van der Waals surface area contributed by atoms with E-state index in [-0.39, 0.29) is 0 Å². The first-order valence-electron chi connectivity index (χ1n) is 1.53. The van der Waals surface area contributed by atoms with E-state index in [0.717, 1.165) is 0 Å². The summed E-state index contributed by atoms with van der Waals surface area (Å²) in [5.41, 5.74) is -3.31. The Kier molecular flexibility index (Phi) is 3.80. The zero-order valence-corrected chi connectivity index (χ0v) is 8.22. The molecule has 0 heterocycles. The van der Waals surface area contributed by atoms with Crippen LogP contribution >= 0.6 is 24.7 Å². The van der Waals surface area contributed by atoms with Gasteiger partial charge < -0.3 is 14.7 Å². The van der Waals surface area contributed by atoms with E-state index >= 15 is 0 Å². The van der Waals surface area contributed by atoms with Crippen LogP contribution in [0.3, 0.4) is 0 Å². The summed E-state index contributed by atoms with van der Waals surface area (Å²) in [4.78, 5) is 25.3. The molecule has 0 saturated carbocycles. The third kappa shape index (κ3) is 9.49. The van der Waals surface area contributed by atoms with Crippen LogP contribution in [0.2, 0.25) is 0 Å². The molecule has 0 saturated heterocycles. The molecule has 0 aliphatic rings. The smallest absolute Gasteiger partial charge is 0.328 e. The maximum Gasteiger partial charge on any atom is 0.328 e. The third-order valence-corrected chi connectivity index (χ3v) is 3.77. The Morgan fingerprint density at radius 1 is 1.22 bits per heavy atom. The van der Waals surface area contributed by atoms with Crippen molar-refractivity contribution in [3.05, 3.63) is 0 Å². The Hall–Kier alpha value is 1.49. The highest BCUT2D eigenvalue weighted by Gasteiger charge is 2.17. The van der Waals surface area contributed by atoms with Crippen molar-refractivity contribution in [2.24, 2.45) is 0 Å². The summed E-state index contributed by atoms with van der Waals surface area (Å²) in [7, 11) is 0. The van der Waals surface area contributed by atoms with E-state index in [9.17, 15) is 0 Å². The van der Waals surface area contributed by atoms with Crippen LogP contribution < -0.4 is 0 Å². The van der Waals surface area contributed by atoms with Crippen molar-refractivity contribution in [3.8, 4) is 0 Å². The van der Waals surface area contributed by atoms with Gasteiger partial charge in [0.2, 0.25) is 5.69 Å². The van der Waals surface area contributed by atoms with Crippen molar-refractivity contribution in [3.63, 3.8) is 0 Å². The zero-order valence-electron chi connectivity index (χ0n) is 3.91. The van der Waals surface area contributed by atoms with Gasteiger partial charge in [-0.3, -0.25) is 0 Å². The van der Waals surface area contributed by atoms with Crippen LogP contribution in [-0.4, -0.2) is 14.7 Å². The quantitative estimate of drug-likeness (QED) is 0.402. The van der Waals surface area contributed by atoms with E-state index in [2.05, 4.69) is 40.2 Å². The highest BCUT2D eigenvalue weighted by molar-refractivity contribution is 8.60. The first-order valence-corrected chi connectivity index (χ1v) is 7.98. The van der Waals surface area contributed by atoms with Gasteiger partial charge >= 0.3 is 6.72 Å². The molecule has 1 unspecified atom stereocenters. The lowest BCUT2D eigenvalue weighted by molar-refractivity contribution is 0.370. The van der Waals surface area contributed by atoms with E-state index in [4.69, 9.17) is 14.7 Å². The Morgan fingerprint density at radius 3 is 1.56 bits per heavy atom. The van der Waals surface area contributed by atoms with Gasteiger partial charge in [-0.1, -0.05) is 12.2 Å². The minimum atomic E-state index is -3.84. The summed E-state index contributed by atoms with van der Waals surface area (Å²) in [6.07, 6.45) is 0. The van der Waals surface area contributed by atoms with Gasteiger partial charge in [-0.05, 0) is 23.6 Å². The van der Waals surface area contributed by atoms with E-state index < -0.39 is 12.4 Å². The molecule has 0 bridgehead atoms. The van der Waals surface area contributed by atoms with E-state index in [1.807, 2.05) is 0 Å². The maximum absolute atomic E-state index is 8.56. The van der Waals surface area contributed by atoms with Crippen molar-refractivity contribution in [1.82, 2.24) is 0 Å². The maximum atomic E-state index is 8.56. The minimum absolute atomic E-state index is 3.31. The molecule has 0 aliphatic heterocycles. The van der Waals surface area contributed by atoms with Gasteiger partial charge in [-0.2, -0.15) is 0 Å². The lowest BCUT2D eigenvalue weighted by atomic mass is 15.8. The van der Waals surface area contributed by atoms with E-state index in [1.165, 1.54) is 0 Å². The average Bonchev–Trinajstić information content (AvgIpc) is 1.14. The first-order chi connectivity index (χ1) is 3.71. The van der Waals surface area contributed by atoms with Gasteiger partial charge in [0.1, 0.15) is 0 Å². The minimum Gasteiger partial charge on any atom is -0.337 e. The predicted molar refractivity (Wildman–Crippen MR) is 45.3 cm³/mol. The van der Waals surface area contributed by atoms with Crippen molar-refractivity contribution in [2.75, 3.05) is 0 Å². The van der Waals surface area contributed by atoms with E-state index in [0.29, 0.717) is 0 Å². The second-order valence-electron chi connectivity index (χ2n) is 1.06. The van der Waals surface area contributed by atoms with Crippen LogP contribution in [0.4, 0.5) is 0 Å². The van der Waals surface area contributed by atoms with Crippen molar-refractivity contribution < 1.29 is 19.0 Å². The molecule has 0 spiro atoms. The Morgan fingerprint density at radius 2 is 1.56 bits per heavy atom. The molecule has 0 rings (SSSR count). The molecule has 9 heavy (non-hydrogen) atoms. The molecule has 0 aromatic rings. The summed E-state index contributed by atoms with van der Waals surface area (Å²) in [6, 6.07) is 0. The zero-order chi connectivity index (χ0) is 7.71. The normalized spacial score (nSPS) is 19.1. The van der Waals surface area contributed by atoms with Crippen LogP contribution in [0.1, 0.15) is 0 Å². The van der Waals surface area contributed by atoms with Gasteiger partial charge in [-0.15, -0.1) is 0 Å². The standard InChI is InChI=1S/H4O4P2S3/c1-5(2,7)4-6(3,8)9/h(H2,1,2,7)(H2,3,8,9). The average molecular weight is 226 g/mol. The third-order valence-electron chi connectivity index (χ3n) is 0.213. The van der Waals surface area contributed by atoms with Crippen LogP contribution in [0, 0.1) is 0 Å². The fraction of sp³-hybridized carbons (Fsp3) is 0. The van der Waals surface area contributed by atoms with E-state index in [1.54, 1.807) is 0 Å². The SMILES string of the molecule is OP(O)(=S)OP(O)(=S)S. The van der Waals surface area contributed by atoms with Crippen LogP contribution in [0.15, 0.2) is 0 Å². The van der Waals surface area contributed by atoms with Crippen molar-refractivity contribution in [2.45, 2.75) is 0 Å². The topological polar surface area (TPSA) is 69.9 Å². The molecule has 0 radical (unpaired) electrons. The van der Waals surface area contributed by atoms with Crippen molar-refractivity contribution in [1.29, 1.82) is 0 Å². The van der Waals surface area contributed by atoms with Gasteiger partial charge in [-0.25, -0.2) is 4.31 Å². The highest BCUT2D eigenvalue weighted by atomic mass is 32.9. The Bertz CT molecular complexity index is 154. The molecule has 4 nitrogen and oxygen atoms in total. The second kappa shape index (κ2) is 3.26. The number of rotatable bonds is 2. The van der Waals surface area contributed by atoms with Crippen LogP contribution in [0.5, 0.6) is 0 Å². The molecular formula is H4O4P2S3. The van der Waals surface area contributed by atoms with Crippen LogP contribution in [0.25, 0.3) is 0 Å². The number of hydrogen-bond acceptors (Lipinski definition) is 3. The fourth-order valence-electron chi connectivity index (χ4n) is 0.139. The lowest BCUT2D eigenvalue weighted by Crippen LogP contribution is -1.79. The molecule has 56 valence electrons. The monoisotopic (exact) mass is 226 g/mol. The summed E-state index contributed by atoms with van der Waals surface area (Å²) < 4.78 is 4.01. The molecule has 0 fully saturated rings. The molecule has 9 heteroatoms. The number of thiol groups is 1. The molecule has 3 N–H and O–H groups in total. The van der Waals surface area contributed by atoms with Gasteiger partial charge in [0, 0.05) is 0 Å². The Labute approximate surface area is 67.4 Å². The molecule has 0 amide bonds. The summed E-state index contributed by atoms with van der Waals surface area (Å²) in [5, 5.41) is 0. The number of hydrogen-bond donors (Lipinski definition) is 4.